The van der Waals surface area contributed by atoms with Crippen molar-refractivity contribution in [1.29, 1.82) is 0 Å². The number of rotatable bonds is 9. The molecule has 0 spiro atoms. The van der Waals surface area contributed by atoms with E-state index in [4.69, 9.17) is 0 Å². The van der Waals surface area contributed by atoms with E-state index in [-0.39, 0.29) is 0 Å². The van der Waals surface area contributed by atoms with E-state index >= 15 is 0 Å². The quantitative estimate of drug-likeness (QED) is 0.579. The van der Waals surface area contributed by atoms with E-state index in [9.17, 15) is 18.4 Å². The monoisotopic (exact) mass is 236 g/mol. The van der Waals surface area contributed by atoms with Crippen LogP contribution >= 0.6 is 0 Å². The predicted octanol–water partition coefficient (Wildman–Crippen LogP) is 0.718. The average molecular weight is 236 g/mol. The summed E-state index contributed by atoms with van der Waals surface area (Å²) in [5.74, 6) is -1.18. The predicted molar refractivity (Wildman–Crippen MR) is 56.4 cm³/mol. The molecule has 0 saturated heterocycles. The van der Waals surface area contributed by atoms with Crippen molar-refractivity contribution in [2.75, 3.05) is 26.4 Å². The number of alkyl halides is 2. The van der Waals surface area contributed by atoms with Crippen molar-refractivity contribution in [2.24, 2.45) is 0 Å². The normalized spacial score (nSPS) is 9.88. The van der Waals surface area contributed by atoms with Crippen molar-refractivity contribution < 1.29 is 18.4 Å². The highest BCUT2D eigenvalue weighted by atomic mass is 19.1. The fourth-order valence-corrected chi connectivity index (χ4v) is 1.15. The minimum absolute atomic E-state index is 0.472. The Morgan fingerprint density at radius 2 is 1.12 bits per heavy atom. The summed E-state index contributed by atoms with van der Waals surface area (Å²) in [6, 6.07) is 0. The van der Waals surface area contributed by atoms with E-state index in [2.05, 4.69) is 10.6 Å². The first-order valence-corrected chi connectivity index (χ1v) is 5.36. The summed E-state index contributed by atoms with van der Waals surface area (Å²) in [5, 5.41) is 4.83. The second-order valence-electron chi connectivity index (χ2n) is 3.38. The molecular formula is C10H18F2N2O2. The molecule has 16 heavy (non-hydrogen) atoms. The first-order chi connectivity index (χ1) is 7.70. The molecule has 0 atom stereocenters. The Kier molecular flexibility index (Phi) is 9.55. The third kappa shape index (κ3) is 9.36. The molecule has 2 amide bonds. The average Bonchev–Trinajstić information content (AvgIpc) is 2.31. The lowest BCUT2D eigenvalue weighted by atomic mass is 10.2. The van der Waals surface area contributed by atoms with Crippen LogP contribution < -0.4 is 10.6 Å². The van der Waals surface area contributed by atoms with E-state index < -0.39 is 25.2 Å². The zero-order chi connectivity index (χ0) is 12.2. The van der Waals surface area contributed by atoms with Gasteiger partial charge in [0.2, 0.25) is 0 Å². The molecule has 0 rings (SSSR count). The van der Waals surface area contributed by atoms with Crippen molar-refractivity contribution >= 4 is 11.8 Å². The molecule has 94 valence electrons. The van der Waals surface area contributed by atoms with Gasteiger partial charge in [-0.1, -0.05) is 12.8 Å². The Morgan fingerprint density at radius 1 is 0.750 bits per heavy atom. The van der Waals surface area contributed by atoms with Crippen molar-refractivity contribution in [2.45, 2.75) is 25.7 Å². The Labute approximate surface area is 93.8 Å². The van der Waals surface area contributed by atoms with Gasteiger partial charge in [-0.25, -0.2) is 8.78 Å². The Balaban J connectivity index is 3.10. The van der Waals surface area contributed by atoms with E-state index in [1.807, 2.05) is 0 Å². The van der Waals surface area contributed by atoms with Gasteiger partial charge in [-0.2, -0.15) is 0 Å². The highest BCUT2D eigenvalue weighted by Crippen LogP contribution is 1.97. The van der Waals surface area contributed by atoms with Crippen LogP contribution in [0.2, 0.25) is 0 Å². The molecule has 0 bridgehead atoms. The Morgan fingerprint density at radius 3 is 1.44 bits per heavy atom. The summed E-state index contributed by atoms with van der Waals surface area (Å²) < 4.78 is 23.4. The van der Waals surface area contributed by atoms with Gasteiger partial charge in [-0.3, -0.25) is 9.59 Å². The molecule has 0 unspecified atom stereocenters. The van der Waals surface area contributed by atoms with Gasteiger partial charge in [-0.05, 0) is 12.8 Å². The van der Waals surface area contributed by atoms with Crippen molar-refractivity contribution in [3.8, 4) is 0 Å². The molecule has 6 heteroatoms. The fourth-order valence-electron chi connectivity index (χ4n) is 1.15. The molecule has 2 N–H and O–H groups in total. The van der Waals surface area contributed by atoms with Gasteiger partial charge in [0, 0.05) is 13.1 Å². The van der Waals surface area contributed by atoms with Gasteiger partial charge in [0.15, 0.2) is 13.3 Å². The van der Waals surface area contributed by atoms with Crippen LogP contribution in [0.15, 0.2) is 0 Å². The molecule has 0 aliphatic heterocycles. The summed E-state index contributed by atoms with van der Waals surface area (Å²) in [6.45, 7) is -1.01. The molecule has 0 aromatic rings. The fraction of sp³-hybridized carbons (Fsp3) is 0.800. The standard InChI is InChI=1S/C10H18F2N2O2/c11-7-9(15)13-5-3-1-2-4-6-14-10(16)8-12/h1-8H2,(H,13,15)(H,14,16). The summed E-state index contributed by atoms with van der Waals surface area (Å²) >= 11 is 0. The summed E-state index contributed by atoms with van der Waals surface area (Å²) in [7, 11) is 0. The first-order valence-electron chi connectivity index (χ1n) is 5.36. The Bertz CT molecular complexity index is 191. The number of nitrogens with one attached hydrogen (secondary N) is 2. The minimum atomic E-state index is -0.977. The largest absolute Gasteiger partial charge is 0.354 e. The number of carbonyl (C=O) groups excluding carboxylic acids is 2. The third-order valence-corrected chi connectivity index (χ3v) is 1.99. The van der Waals surface area contributed by atoms with Crippen molar-refractivity contribution in [1.82, 2.24) is 10.6 Å². The maximum absolute atomic E-state index is 11.7. The Hall–Kier alpha value is -1.20. The summed E-state index contributed by atoms with van der Waals surface area (Å²) in [6.07, 6.45) is 3.34. The van der Waals surface area contributed by atoms with Crippen LogP contribution in [0.1, 0.15) is 25.7 Å². The minimum Gasteiger partial charge on any atom is -0.354 e. The third-order valence-electron chi connectivity index (χ3n) is 1.99. The van der Waals surface area contributed by atoms with Crippen LogP contribution in [0, 0.1) is 0 Å². The zero-order valence-electron chi connectivity index (χ0n) is 9.23. The van der Waals surface area contributed by atoms with Crippen molar-refractivity contribution in [3.63, 3.8) is 0 Å². The van der Waals surface area contributed by atoms with E-state index in [0.717, 1.165) is 25.7 Å². The van der Waals surface area contributed by atoms with Crippen molar-refractivity contribution in [3.05, 3.63) is 0 Å². The topological polar surface area (TPSA) is 58.2 Å². The van der Waals surface area contributed by atoms with E-state index in [1.165, 1.54) is 0 Å². The molecular weight excluding hydrogens is 218 g/mol. The summed E-state index contributed by atoms with van der Waals surface area (Å²) in [4.78, 5) is 21.0. The van der Waals surface area contributed by atoms with Gasteiger partial charge in [-0.15, -0.1) is 0 Å². The van der Waals surface area contributed by atoms with Crippen LogP contribution in [-0.4, -0.2) is 38.3 Å². The van der Waals surface area contributed by atoms with Gasteiger partial charge < -0.3 is 10.6 Å². The van der Waals surface area contributed by atoms with Crippen LogP contribution in [0.4, 0.5) is 8.78 Å². The van der Waals surface area contributed by atoms with E-state index in [0.29, 0.717) is 13.1 Å². The second-order valence-corrected chi connectivity index (χ2v) is 3.38. The number of unbranched alkanes of at least 4 members (excludes halogenated alkanes) is 3. The molecule has 4 nitrogen and oxygen atoms in total. The molecule has 0 heterocycles. The number of amides is 2. The van der Waals surface area contributed by atoms with Crippen LogP contribution in [0.5, 0.6) is 0 Å². The highest BCUT2D eigenvalue weighted by molar-refractivity contribution is 5.77. The van der Waals surface area contributed by atoms with Gasteiger partial charge in [0.1, 0.15) is 0 Å². The molecule has 0 aromatic carbocycles. The lowest BCUT2D eigenvalue weighted by molar-refractivity contribution is -0.122. The van der Waals surface area contributed by atoms with Gasteiger partial charge in [0.25, 0.3) is 11.8 Å². The lowest BCUT2D eigenvalue weighted by Crippen LogP contribution is -2.26. The number of carbonyl (C=O) groups is 2. The second kappa shape index (κ2) is 10.3. The number of hydrogen-bond donors (Lipinski definition) is 2. The molecule has 0 fully saturated rings. The molecule has 0 saturated carbocycles. The molecule has 0 aliphatic carbocycles. The van der Waals surface area contributed by atoms with Gasteiger partial charge in [0.05, 0.1) is 0 Å². The van der Waals surface area contributed by atoms with Crippen LogP contribution in [-0.2, 0) is 9.59 Å². The SMILES string of the molecule is O=C(CF)NCCCCCCNC(=O)CF. The van der Waals surface area contributed by atoms with E-state index in [1.54, 1.807) is 0 Å². The summed E-state index contributed by atoms with van der Waals surface area (Å²) in [5.41, 5.74) is 0. The maximum Gasteiger partial charge on any atom is 0.251 e. The zero-order valence-corrected chi connectivity index (χ0v) is 9.23. The smallest absolute Gasteiger partial charge is 0.251 e. The first kappa shape index (κ1) is 14.8. The molecule has 0 aliphatic rings. The van der Waals surface area contributed by atoms with Gasteiger partial charge >= 0.3 is 0 Å². The molecule has 0 radical (unpaired) electrons. The maximum atomic E-state index is 11.7. The van der Waals surface area contributed by atoms with Crippen LogP contribution in [0.25, 0.3) is 0 Å². The molecule has 0 aromatic heterocycles. The lowest BCUT2D eigenvalue weighted by Gasteiger charge is -2.03. The number of hydrogen-bond acceptors (Lipinski definition) is 2. The number of halogens is 2. The highest BCUT2D eigenvalue weighted by Gasteiger charge is 1.98. The van der Waals surface area contributed by atoms with Crippen LogP contribution in [0.3, 0.4) is 0 Å².